The molecule has 0 spiro atoms. The number of thioether (sulfide) groups is 1. The number of carbonyl (C=O) groups excluding carboxylic acids is 2. The van der Waals surface area contributed by atoms with E-state index in [0.29, 0.717) is 33.1 Å². The number of halogens is 1. The lowest BCUT2D eigenvalue weighted by Crippen LogP contribution is -2.28. The summed E-state index contributed by atoms with van der Waals surface area (Å²) in [6.07, 6.45) is 0.00528. The molecule has 2 aromatic rings. The first-order chi connectivity index (χ1) is 13.5. The van der Waals surface area contributed by atoms with Gasteiger partial charge in [0.1, 0.15) is 16.7 Å². The quantitative estimate of drug-likeness (QED) is 0.746. The molecule has 0 aromatic heterocycles. The summed E-state index contributed by atoms with van der Waals surface area (Å²) in [4.78, 5) is 28.9. The van der Waals surface area contributed by atoms with Crippen LogP contribution < -0.4 is 20.1 Å². The van der Waals surface area contributed by atoms with Crippen LogP contribution in [0.3, 0.4) is 0 Å². The molecular formula is C19H18ClN3O4S. The number of methoxy groups -OCH3 is 2. The van der Waals surface area contributed by atoms with Gasteiger partial charge in [0.2, 0.25) is 11.8 Å². The highest BCUT2D eigenvalue weighted by molar-refractivity contribution is 8.15. The second kappa shape index (κ2) is 8.99. The Bertz CT molecular complexity index is 918. The van der Waals surface area contributed by atoms with Crippen LogP contribution in [0.2, 0.25) is 5.02 Å². The van der Waals surface area contributed by atoms with Crippen molar-refractivity contribution in [3.8, 4) is 11.5 Å². The number of aliphatic imine (C=N–C) groups is 1. The third-order valence-corrected chi connectivity index (χ3v) is 5.22. The topological polar surface area (TPSA) is 89.0 Å². The van der Waals surface area contributed by atoms with Gasteiger partial charge in [-0.25, -0.2) is 4.99 Å². The Hall–Kier alpha value is -2.71. The van der Waals surface area contributed by atoms with Crippen molar-refractivity contribution in [1.82, 2.24) is 5.32 Å². The summed E-state index contributed by atoms with van der Waals surface area (Å²) in [5.41, 5.74) is 1.17. The molecule has 1 saturated heterocycles. The zero-order valence-electron chi connectivity index (χ0n) is 15.2. The van der Waals surface area contributed by atoms with Crippen molar-refractivity contribution >= 4 is 51.7 Å². The Morgan fingerprint density at radius 3 is 2.64 bits per heavy atom. The number of hydrogen-bond acceptors (Lipinski definition) is 6. The fourth-order valence-electron chi connectivity index (χ4n) is 2.50. The van der Waals surface area contributed by atoms with E-state index in [4.69, 9.17) is 21.1 Å². The molecule has 2 N–H and O–H groups in total. The second-order valence-electron chi connectivity index (χ2n) is 5.81. The van der Waals surface area contributed by atoms with E-state index >= 15 is 0 Å². The molecule has 1 fully saturated rings. The van der Waals surface area contributed by atoms with E-state index in [0.717, 1.165) is 0 Å². The Kier molecular flexibility index (Phi) is 6.43. The number of ether oxygens (including phenoxy) is 2. The van der Waals surface area contributed by atoms with Crippen molar-refractivity contribution in [2.75, 3.05) is 19.5 Å². The zero-order chi connectivity index (χ0) is 20.1. The number of amides is 2. The zero-order valence-corrected chi connectivity index (χ0v) is 16.8. The Balaban J connectivity index is 1.63. The van der Waals surface area contributed by atoms with Crippen LogP contribution in [-0.4, -0.2) is 36.5 Å². The SMILES string of the molecule is COc1ccc(NC(=O)CC2SC(=Nc3ccc(Cl)cc3)NC2=O)c(OC)c1. The number of benzene rings is 2. The highest BCUT2D eigenvalue weighted by Crippen LogP contribution is 2.30. The second-order valence-corrected chi connectivity index (χ2v) is 7.44. The number of amidine groups is 1. The molecule has 1 aliphatic heterocycles. The van der Waals surface area contributed by atoms with E-state index in [-0.39, 0.29) is 18.2 Å². The maximum Gasteiger partial charge on any atom is 0.240 e. The predicted molar refractivity (Wildman–Crippen MR) is 111 cm³/mol. The number of rotatable bonds is 6. The van der Waals surface area contributed by atoms with Gasteiger partial charge in [0.25, 0.3) is 0 Å². The predicted octanol–water partition coefficient (Wildman–Crippen LogP) is 3.61. The standard InChI is InChI=1S/C19H18ClN3O4S/c1-26-13-7-8-14(15(9-13)27-2)22-17(24)10-16-18(25)23-19(28-16)21-12-5-3-11(20)4-6-12/h3-9,16H,10H2,1-2H3,(H,22,24)(H,21,23,25). The van der Waals surface area contributed by atoms with Crippen LogP contribution in [0.1, 0.15) is 6.42 Å². The highest BCUT2D eigenvalue weighted by atomic mass is 35.5. The van der Waals surface area contributed by atoms with Gasteiger partial charge in [0, 0.05) is 17.5 Å². The lowest BCUT2D eigenvalue weighted by atomic mass is 10.2. The van der Waals surface area contributed by atoms with Gasteiger partial charge in [-0.05, 0) is 36.4 Å². The molecule has 0 radical (unpaired) electrons. The number of carbonyl (C=O) groups is 2. The first kappa shape index (κ1) is 20.0. The fourth-order valence-corrected chi connectivity index (χ4v) is 3.61. The summed E-state index contributed by atoms with van der Waals surface area (Å²) < 4.78 is 10.4. The lowest BCUT2D eigenvalue weighted by Gasteiger charge is -2.12. The molecule has 28 heavy (non-hydrogen) atoms. The van der Waals surface area contributed by atoms with Crippen LogP contribution in [-0.2, 0) is 9.59 Å². The van der Waals surface area contributed by atoms with Crippen LogP contribution in [0.4, 0.5) is 11.4 Å². The van der Waals surface area contributed by atoms with Crippen molar-refractivity contribution in [3.63, 3.8) is 0 Å². The summed E-state index contributed by atoms with van der Waals surface area (Å²) >= 11 is 7.07. The average molecular weight is 420 g/mol. The molecule has 7 nitrogen and oxygen atoms in total. The average Bonchev–Trinajstić information content (AvgIpc) is 3.02. The smallest absolute Gasteiger partial charge is 0.240 e. The minimum atomic E-state index is -0.560. The number of nitrogens with zero attached hydrogens (tertiary/aromatic N) is 1. The van der Waals surface area contributed by atoms with Gasteiger partial charge in [-0.2, -0.15) is 0 Å². The normalized spacial score (nSPS) is 17.3. The van der Waals surface area contributed by atoms with Crippen LogP contribution in [0, 0.1) is 0 Å². The van der Waals surface area contributed by atoms with Gasteiger partial charge < -0.3 is 20.1 Å². The molecule has 1 heterocycles. The van der Waals surface area contributed by atoms with Gasteiger partial charge in [-0.3, -0.25) is 9.59 Å². The van der Waals surface area contributed by atoms with Crippen LogP contribution >= 0.6 is 23.4 Å². The third-order valence-electron chi connectivity index (χ3n) is 3.89. The van der Waals surface area contributed by atoms with E-state index in [9.17, 15) is 9.59 Å². The molecule has 1 unspecified atom stereocenters. The summed E-state index contributed by atoms with van der Waals surface area (Å²) in [7, 11) is 3.05. The molecule has 146 valence electrons. The minimum Gasteiger partial charge on any atom is -0.497 e. The maximum absolute atomic E-state index is 12.4. The monoisotopic (exact) mass is 419 g/mol. The summed E-state index contributed by atoms with van der Waals surface area (Å²) in [5, 5.41) is 5.96. The fraction of sp³-hybridized carbons (Fsp3) is 0.211. The summed E-state index contributed by atoms with van der Waals surface area (Å²) in [6, 6.07) is 12.0. The molecule has 1 aliphatic rings. The molecule has 3 rings (SSSR count). The van der Waals surface area contributed by atoms with Crippen molar-refractivity contribution < 1.29 is 19.1 Å². The van der Waals surface area contributed by atoms with E-state index in [2.05, 4.69) is 15.6 Å². The van der Waals surface area contributed by atoms with E-state index in [1.807, 2.05) is 0 Å². The van der Waals surface area contributed by atoms with Crippen LogP contribution in [0.5, 0.6) is 11.5 Å². The molecule has 1 atom stereocenters. The van der Waals surface area contributed by atoms with E-state index < -0.39 is 5.25 Å². The minimum absolute atomic E-state index is 0.00528. The lowest BCUT2D eigenvalue weighted by molar-refractivity contribution is -0.122. The van der Waals surface area contributed by atoms with E-state index in [1.54, 1.807) is 49.6 Å². The number of nitrogens with one attached hydrogen (secondary N) is 2. The van der Waals surface area contributed by atoms with Crippen LogP contribution in [0.25, 0.3) is 0 Å². The first-order valence-electron chi connectivity index (χ1n) is 8.32. The van der Waals surface area contributed by atoms with Gasteiger partial charge in [0.15, 0.2) is 5.17 Å². The molecule has 0 bridgehead atoms. The molecule has 9 heteroatoms. The van der Waals surface area contributed by atoms with Crippen molar-refractivity contribution in [1.29, 1.82) is 0 Å². The first-order valence-corrected chi connectivity index (χ1v) is 9.58. The molecule has 0 aliphatic carbocycles. The van der Waals surface area contributed by atoms with Crippen molar-refractivity contribution in [2.24, 2.45) is 4.99 Å². The maximum atomic E-state index is 12.4. The van der Waals surface area contributed by atoms with Gasteiger partial charge in [0.05, 0.1) is 25.6 Å². The Morgan fingerprint density at radius 1 is 1.21 bits per heavy atom. The Morgan fingerprint density at radius 2 is 1.96 bits per heavy atom. The van der Waals surface area contributed by atoms with Gasteiger partial charge in [-0.15, -0.1) is 0 Å². The Labute approximate surface area is 171 Å². The van der Waals surface area contributed by atoms with Gasteiger partial charge >= 0.3 is 0 Å². The van der Waals surface area contributed by atoms with Crippen LogP contribution in [0.15, 0.2) is 47.5 Å². The molecule has 0 saturated carbocycles. The summed E-state index contributed by atoms with van der Waals surface area (Å²) in [6.45, 7) is 0. The largest absolute Gasteiger partial charge is 0.497 e. The van der Waals surface area contributed by atoms with E-state index in [1.165, 1.54) is 18.9 Å². The highest BCUT2D eigenvalue weighted by Gasteiger charge is 2.32. The van der Waals surface area contributed by atoms with Crippen molar-refractivity contribution in [2.45, 2.75) is 11.7 Å². The van der Waals surface area contributed by atoms with Crippen molar-refractivity contribution in [3.05, 3.63) is 47.5 Å². The summed E-state index contributed by atoms with van der Waals surface area (Å²) in [5.74, 6) is 0.531. The molecular weight excluding hydrogens is 402 g/mol. The third kappa shape index (κ3) is 4.96. The number of anilines is 1. The molecule has 2 amide bonds. The van der Waals surface area contributed by atoms with Gasteiger partial charge in [-0.1, -0.05) is 23.4 Å². The number of hydrogen-bond donors (Lipinski definition) is 2. The molecule has 2 aromatic carbocycles.